The zero-order chi connectivity index (χ0) is 14.3. The van der Waals surface area contributed by atoms with Crippen LogP contribution in [0.4, 0.5) is 5.69 Å². The van der Waals surface area contributed by atoms with Gasteiger partial charge in [0, 0.05) is 42.7 Å². The Bertz CT molecular complexity index is 376. The van der Waals surface area contributed by atoms with E-state index in [2.05, 4.69) is 58.1 Å². The molecule has 1 aromatic rings. The van der Waals surface area contributed by atoms with Gasteiger partial charge in [-0.2, -0.15) is 0 Å². The average molecular weight is 340 g/mol. The van der Waals surface area contributed by atoms with Crippen LogP contribution in [0.15, 0.2) is 30.3 Å². The van der Waals surface area contributed by atoms with Crippen LogP contribution in [0.5, 0.6) is 0 Å². The third-order valence-electron chi connectivity index (χ3n) is 4.27. The summed E-state index contributed by atoms with van der Waals surface area (Å²) in [5.74, 6) is 0. The second-order valence-corrected chi connectivity index (χ2v) is 6.42. The summed E-state index contributed by atoms with van der Waals surface area (Å²) in [7, 11) is 0. The Morgan fingerprint density at radius 1 is 1.20 bits per heavy atom. The van der Waals surface area contributed by atoms with Crippen LogP contribution in [-0.4, -0.2) is 31.6 Å². The average Bonchev–Trinajstić information content (AvgIpc) is 2.53. The zero-order valence-electron chi connectivity index (χ0n) is 12.5. The minimum Gasteiger partial charge on any atom is -0.381 e. The van der Waals surface area contributed by atoms with Crippen molar-refractivity contribution in [2.75, 3.05) is 36.5 Å². The number of hydrogen-bond donors (Lipinski definition) is 0. The van der Waals surface area contributed by atoms with Gasteiger partial charge in [-0.3, -0.25) is 0 Å². The van der Waals surface area contributed by atoms with E-state index in [0.717, 1.165) is 44.5 Å². The van der Waals surface area contributed by atoms with Crippen LogP contribution in [0, 0.1) is 5.41 Å². The van der Waals surface area contributed by atoms with Crippen LogP contribution >= 0.6 is 15.9 Å². The summed E-state index contributed by atoms with van der Waals surface area (Å²) < 4.78 is 5.56. The molecule has 0 aliphatic carbocycles. The van der Waals surface area contributed by atoms with Gasteiger partial charge in [-0.25, -0.2) is 0 Å². The molecule has 2 rings (SSSR count). The largest absolute Gasteiger partial charge is 0.381 e. The van der Waals surface area contributed by atoms with Crippen LogP contribution in [0.2, 0.25) is 0 Å². The second-order valence-electron chi connectivity index (χ2n) is 5.86. The molecule has 3 heteroatoms. The quantitative estimate of drug-likeness (QED) is 0.679. The fourth-order valence-corrected chi connectivity index (χ4v) is 3.57. The van der Waals surface area contributed by atoms with E-state index in [9.17, 15) is 0 Å². The van der Waals surface area contributed by atoms with E-state index in [1.807, 2.05) is 0 Å². The van der Waals surface area contributed by atoms with E-state index in [1.54, 1.807) is 0 Å². The van der Waals surface area contributed by atoms with Crippen LogP contribution < -0.4 is 4.90 Å². The lowest BCUT2D eigenvalue weighted by Crippen LogP contribution is -2.43. The van der Waals surface area contributed by atoms with Crippen molar-refractivity contribution in [3.05, 3.63) is 30.3 Å². The van der Waals surface area contributed by atoms with E-state index in [-0.39, 0.29) is 0 Å². The number of nitrogens with zero attached hydrogens (tertiary/aromatic N) is 1. The normalized spacial score (nSPS) is 17.9. The van der Waals surface area contributed by atoms with Crippen molar-refractivity contribution in [3.63, 3.8) is 0 Å². The Kier molecular flexibility index (Phi) is 6.37. The summed E-state index contributed by atoms with van der Waals surface area (Å²) in [6.07, 6.45) is 4.82. The third kappa shape index (κ3) is 4.23. The molecule has 0 bridgehead atoms. The number of halogens is 1. The molecular weight excluding hydrogens is 314 g/mol. The highest BCUT2D eigenvalue weighted by Gasteiger charge is 2.33. The molecule has 0 spiro atoms. The van der Waals surface area contributed by atoms with Crippen LogP contribution in [0.3, 0.4) is 0 Å². The molecule has 0 unspecified atom stereocenters. The molecule has 1 aromatic carbocycles. The molecule has 0 radical (unpaired) electrons. The molecule has 0 aromatic heterocycles. The predicted molar refractivity (Wildman–Crippen MR) is 89.8 cm³/mol. The van der Waals surface area contributed by atoms with Gasteiger partial charge in [-0.15, -0.1) is 0 Å². The summed E-state index contributed by atoms with van der Waals surface area (Å²) in [4.78, 5) is 2.57. The zero-order valence-corrected chi connectivity index (χ0v) is 14.1. The fraction of sp³-hybridized carbons (Fsp3) is 0.647. The summed E-state index contributed by atoms with van der Waals surface area (Å²) in [6.45, 7) is 6.35. The van der Waals surface area contributed by atoms with Crippen molar-refractivity contribution in [3.8, 4) is 0 Å². The maximum Gasteiger partial charge on any atom is 0.0472 e. The highest BCUT2D eigenvalue weighted by atomic mass is 79.9. The third-order valence-corrected chi connectivity index (χ3v) is 5.46. The molecule has 0 amide bonds. The van der Waals surface area contributed by atoms with Crippen LogP contribution in [0.1, 0.15) is 32.6 Å². The smallest absolute Gasteiger partial charge is 0.0472 e. The van der Waals surface area contributed by atoms with Gasteiger partial charge >= 0.3 is 0 Å². The van der Waals surface area contributed by atoms with Gasteiger partial charge in [0.1, 0.15) is 0 Å². The molecule has 1 heterocycles. The maximum atomic E-state index is 5.56. The standard InChI is InChI=1S/C17H26BrNO/c1-2-3-11-19(16-7-5-4-6-8-16)15-17(14-18)9-12-20-13-10-17/h4-8H,2-3,9-15H2,1H3. The first-order valence-corrected chi connectivity index (χ1v) is 8.85. The van der Waals surface area contributed by atoms with E-state index >= 15 is 0 Å². The molecule has 1 aliphatic heterocycles. The number of anilines is 1. The van der Waals surface area contributed by atoms with Gasteiger partial charge in [0.2, 0.25) is 0 Å². The molecule has 0 atom stereocenters. The summed E-state index contributed by atoms with van der Waals surface area (Å²) in [5.41, 5.74) is 1.72. The lowest BCUT2D eigenvalue weighted by atomic mass is 9.81. The minimum atomic E-state index is 0.363. The van der Waals surface area contributed by atoms with Gasteiger partial charge < -0.3 is 9.64 Å². The number of para-hydroxylation sites is 1. The number of alkyl halides is 1. The molecular formula is C17H26BrNO. The fourth-order valence-electron chi connectivity index (χ4n) is 2.83. The Morgan fingerprint density at radius 2 is 1.90 bits per heavy atom. The van der Waals surface area contributed by atoms with E-state index in [1.165, 1.54) is 18.5 Å². The predicted octanol–water partition coefficient (Wildman–Crippen LogP) is 4.48. The molecule has 0 saturated carbocycles. The highest BCUT2D eigenvalue weighted by Crippen LogP contribution is 2.35. The van der Waals surface area contributed by atoms with E-state index in [4.69, 9.17) is 4.74 Å². The van der Waals surface area contributed by atoms with Crippen LogP contribution in [0.25, 0.3) is 0 Å². The highest BCUT2D eigenvalue weighted by molar-refractivity contribution is 9.09. The number of ether oxygens (including phenoxy) is 1. The SMILES string of the molecule is CCCCN(CC1(CBr)CCOCC1)c1ccccc1. The second kappa shape index (κ2) is 8.04. The Morgan fingerprint density at radius 3 is 2.50 bits per heavy atom. The number of hydrogen-bond acceptors (Lipinski definition) is 2. The molecule has 0 N–H and O–H groups in total. The van der Waals surface area contributed by atoms with Crippen molar-refractivity contribution in [1.82, 2.24) is 0 Å². The Hall–Kier alpha value is -0.540. The van der Waals surface area contributed by atoms with Crippen molar-refractivity contribution in [2.45, 2.75) is 32.6 Å². The Labute approximate surface area is 131 Å². The summed E-state index contributed by atoms with van der Waals surface area (Å²) in [6, 6.07) is 10.8. The monoisotopic (exact) mass is 339 g/mol. The van der Waals surface area contributed by atoms with Gasteiger partial charge in [0.25, 0.3) is 0 Å². The number of benzene rings is 1. The first kappa shape index (κ1) is 15.8. The molecule has 1 saturated heterocycles. The van der Waals surface area contributed by atoms with E-state index < -0.39 is 0 Å². The first-order valence-electron chi connectivity index (χ1n) is 7.73. The van der Waals surface area contributed by atoms with Crippen molar-refractivity contribution in [1.29, 1.82) is 0 Å². The van der Waals surface area contributed by atoms with Gasteiger partial charge in [0.15, 0.2) is 0 Å². The van der Waals surface area contributed by atoms with Gasteiger partial charge in [0.05, 0.1) is 0 Å². The van der Waals surface area contributed by atoms with Crippen molar-refractivity contribution < 1.29 is 4.74 Å². The van der Waals surface area contributed by atoms with Crippen molar-refractivity contribution in [2.24, 2.45) is 5.41 Å². The van der Waals surface area contributed by atoms with Crippen LogP contribution in [-0.2, 0) is 4.74 Å². The summed E-state index contributed by atoms with van der Waals surface area (Å²) in [5, 5.41) is 1.07. The molecule has 20 heavy (non-hydrogen) atoms. The Balaban J connectivity index is 2.10. The molecule has 112 valence electrons. The topological polar surface area (TPSA) is 12.5 Å². The first-order chi connectivity index (χ1) is 9.79. The molecule has 2 nitrogen and oxygen atoms in total. The maximum absolute atomic E-state index is 5.56. The summed E-state index contributed by atoms with van der Waals surface area (Å²) >= 11 is 3.76. The minimum absolute atomic E-state index is 0.363. The lowest BCUT2D eigenvalue weighted by molar-refractivity contribution is 0.0300. The van der Waals surface area contributed by atoms with E-state index in [0.29, 0.717) is 5.41 Å². The van der Waals surface area contributed by atoms with Gasteiger partial charge in [-0.05, 0) is 31.4 Å². The van der Waals surface area contributed by atoms with Gasteiger partial charge in [-0.1, -0.05) is 47.5 Å². The number of unbranched alkanes of at least 4 members (excludes halogenated alkanes) is 1. The lowest BCUT2D eigenvalue weighted by Gasteiger charge is -2.41. The number of rotatable bonds is 7. The molecule has 1 aliphatic rings. The molecule has 1 fully saturated rings. The van der Waals surface area contributed by atoms with Crippen molar-refractivity contribution >= 4 is 21.6 Å².